The summed E-state index contributed by atoms with van der Waals surface area (Å²) in [4.78, 5) is 0. The molecule has 1 aromatic carbocycles. The fraction of sp³-hybridized carbons (Fsp3) is 0.500. The molecule has 92 valence electrons. The second-order valence-corrected chi connectivity index (χ2v) is 4.42. The lowest BCUT2D eigenvalue weighted by molar-refractivity contribution is 0.494. The van der Waals surface area contributed by atoms with Gasteiger partial charge in [0, 0.05) is 12.4 Å². The van der Waals surface area contributed by atoms with Gasteiger partial charge >= 0.3 is 0 Å². The molecule has 3 nitrogen and oxygen atoms in total. The normalized spacial score (nSPS) is 13.1. The number of aromatic nitrogens is 2. The van der Waals surface area contributed by atoms with Crippen LogP contribution in [0.3, 0.4) is 0 Å². The van der Waals surface area contributed by atoms with Gasteiger partial charge in [-0.3, -0.25) is 4.68 Å². The maximum atomic E-state index is 4.68. The summed E-state index contributed by atoms with van der Waals surface area (Å²) in [6, 6.07) is 8.81. The van der Waals surface area contributed by atoms with Gasteiger partial charge in [-0.15, -0.1) is 0 Å². The van der Waals surface area contributed by atoms with Crippen molar-refractivity contribution >= 4 is 10.9 Å². The molecule has 17 heavy (non-hydrogen) atoms. The van der Waals surface area contributed by atoms with E-state index in [2.05, 4.69) is 48.5 Å². The second-order valence-electron chi connectivity index (χ2n) is 4.42. The van der Waals surface area contributed by atoms with Gasteiger partial charge in [0.15, 0.2) is 0 Å². The summed E-state index contributed by atoms with van der Waals surface area (Å²) in [7, 11) is 2.01. The van der Waals surface area contributed by atoms with E-state index in [4.69, 9.17) is 0 Å². The number of hydrogen-bond acceptors (Lipinski definition) is 2. The predicted molar refractivity (Wildman–Crippen MR) is 72.0 cm³/mol. The van der Waals surface area contributed by atoms with Crippen LogP contribution in [0.5, 0.6) is 0 Å². The largest absolute Gasteiger partial charge is 0.309 e. The summed E-state index contributed by atoms with van der Waals surface area (Å²) < 4.78 is 1.98. The zero-order chi connectivity index (χ0) is 12.3. The molecule has 2 rings (SSSR count). The molecule has 1 heterocycles. The number of benzene rings is 1. The van der Waals surface area contributed by atoms with Gasteiger partial charge in [0.25, 0.3) is 0 Å². The van der Waals surface area contributed by atoms with Crippen molar-refractivity contribution in [3.8, 4) is 0 Å². The van der Waals surface area contributed by atoms with E-state index < -0.39 is 0 Å². The Bertz CT molecular complexity index is 481. The van der Waals surface area contributed by atoms with Crippen LogP contribution in [0.2, 0.25) is 0 Å². The van der Waals surface area contributed by atoms with Crippen LogP contribution in [-0.4, -0.2) is 16.3 Å². The number of rotatable bonds is 5. The Balaban J connectivity index is 2.45. The highest BCUT2D eigenvalue weighted by molar-refractivity contribution is 5.82. The van der Waals surface area contributed by atoms with Gasteiger partial charge in [-0.25, -0.2) is 0 Å². The van der Waals surface area contributed by atoms with Crippen molar-refractivity contribution in [2.45, 2.75) is 32.7 Å². The van der Waals surface area contributed by atoms with E-state index in [9.17, 15) is 0 Å². The SMILES string of the molecule is CCCC(NCC)c1nn(C)c2ccccc12. The average molecular weight is 231 g/mol. The Labute approximate surface area is 103 Å². The molecule has 0 radical (unpaired) electrons. The molecular formula is C14H21N3. The van der Waals surface area contributed by atoms with E-state index in [1.165, 1.54) is 23.0 Å². The highest BCUT2D eigenvalue weighted by atomic mass is 15.3. The van der Waals surface area contributed by atoms with Crippen LogP contribution in [-0.2, 0) is 7.05 Å². The summed E-state index contributed by atoms with van der Waals surface area (Å²) in [6.45, 7) is 5.35. The molecule has 0 aliphatic rings. The van der Waals surface area contributed by atoms with E-state index in [-0.39, 0.29) is 0 Å². The van der Waals surface area contributed by atoms with Crippen LogP contribution in [0.4, 0.5) is 0 Å². The van der Waals surface area contributed by atoms with Gasteiger partial charge in [-0.05, 0) is 19.0 Å². The van der Waals surface area contributed by atoms with E-state index >= 15 is 0 Å². The van der Waals surface area contributed by atoms with E-state index in [1.807, 2.05) is 11.7 Å². The van der Waals surface area contributed by atoms with Crippen molar-refractivity contribution in [2.75, 3.05) is 6.54 Å². The molecule has 0 spiro atoms. The third-order valence-corrected chi connectivity index (χ3v) is 3.14. The molecule has 0 aliphatic carbocycles. The first-order valence-electron chi connectivity index (χ1n) is 6.43. The fourth-order valence-corrected chi connectivity index (χ4v) is 2.37. The summed E-state index contributed by atoms with van der Waals surface area (Å²) in [5.41, 5.74) is 2.40. The van der Waals surface area contributed by atoms with Crippen LogP contribution in [0.15, 0.2) is 24.3 Å². The van der Waals surface area contributed by atoms with Crippen molar-refractivity contribution in [1.82, 2.24) is 15.1 Å². The lowest BCUT2D eigenvalue weighted by atomic mass is 10.0. The summed E-state index contributed by atoms with van der Waals surface area (Å²) in [5.74, 6) is 0. The number of hydrogen-bond donors (Lipinski definition) is 1. The minimum Gasteiger partial charge on any atom is -0.309 e. The molecule has 0 bridgehead atoms. The van der Waals surface area contributed by atoms with Crippen molar-refractivity contribution in [2.24, 2.45) is 7.05 Å². The third-order valence-electron chi connectivity index (χ3n) is 3.14. The molecule has 2 aromatic rings. The van der Waals surface area contributed by atoms with Crippen molar-refractivity contribution in [1.29, 1.82) is 0 Å². The first-order chi connectivity index (χ1) is 8.27. The van der Waals surface area contributed by atoms with Crippen LogP contribution in [0, 0.1) is 0 Å². The van der Waals surface area contributed by atoms with Crippen LogP contribution < -0.4 is 5.32 Å². The molecule has 1 unspecified atom stereocenters. The second kappa shape index (κ2) is 5.32. The van der Waals surface area contributed by atoms with Crippen molar-refractivity contribution in [3.05, 3.63) is 30.0 Å². The quantitative estimate of drug-likeness (QED) is 0.857. The zero-order valence-electron chi connectivity index (χ0n) is 10.9. The minimum absolute atomic E-state index is 0.371. The molecule has 1 atom stereocenters. The summed E-state index contributed by atoms with van der Waals surface area (Å²) in [5, 5.41) is 9.48. The molecule has 3 heteroatoms. The molecule has 0 aliphatic heterocycles. The predicted octanol–water partition coefficient (Wildman–Crippen LogP) is 3.02. The van der Waals surface area contributed by atoms with Gasteiger partial charge in [0.2, 0.25) is 0 Å². The lowest BCUT2D eigenvalue weighted by Gasteiger charge is -2.14. The monoisotopic (exact) mass is 231 g/mol. The Morgan fingerprint density at radius 1 is 1.29 bits per heavy atom. The first-order valence-corrected chi connectivity index (χ1v) is 6.43. The number of nitrogens with one attached hydrogen (secondary N) is 1. The number of fused-ring (bicyclic) bond motifs is 1. The standard InChI is InChI=1S/C14H21N3/c1-4-8-12(15-5-2)14-11-9-6-7-10-13(11)17(3)16-14/h6-7,9-10,12,15H,4-5,8H2,1-3H3. The van der Waals surface area contributed by atoms with Crippen molar-refractivity contribution in [3.63, 3.8) is 0 Å². The van der Waals surface area contributed by atoms with Gasteiger partial charge < -0.3 is 5.32 Å². The van der Waals surface area contributed by atoms with Gasteiger partial charge in [-0.1, -0.05) is 38.5 Å². The molecular weight excluding hydrogens is 210 g/mol. The average Bonchev–Trinajstić information content (AvgIpc) is 2.67. The minimum atomic E-state index is 0.371. The number of para-hydroxylation sites is 1. The Hall–Kier alpha value is -1.35. The van der Waals surface area contributed by atoms with E-state index in [0.29, 0.717) is 6.04 Å². The smallest absolute Gasteiger partial charge is 0.0872 e. The fourth-order valence-electron chi connectivity index (χ4n) is 2.37. The maximum Gasteiger partial charge on any atom is 0.0872 e. The van der Waals surface area contributed by atoms with E-state index in [0.717, 1.165) is 13.0 Å². The molecule has 1 aromatic heterocycles. The van der Waals surface area contributed by atoms with E-state index in [1.54, 1.807) is 0 Å². The first kappa shape index (κ1) is 12.1. The number of nitrogens with zero attached hydrogens (tertiary/aromatic N) is 2. The molecule has 0 saturated carbocycles. The highest BCUT2D eigenvalue weighted by Gasteiger charge is 2.16. The van der Waals surface area contributed by atoms with Crippen molar-refractivity contribution < 1.29 is 0 Å². The Morgan fingerprint density at radius 3 is 2.76 bits per heavy atom. The Kier molecular flexibility index (Phi) is 3.79. The van der Waals surface area contributed by atoms with Crippen LogP contribution in [0.25, 0.3) is 10.9 Å². The highest BCUT2D eigenvalue weighted by Crippen LogP contribution is 2.25. The lowest BCUT2D eigenvalue weighted by Crippen LogP contribution is -2.21. The van der Waals surface area contributed by atoms with Gasteiger partial charge in [0.05, 0.1) is 17.3 Å². The molecule has 0 amide bonds. The van der Waals surface area contributed by atoms with Gasteiger partial charge in [0.1, 0.15) is 0 Å². The third kappa shape index (κ3) is 2.34. The molecule has 0 saturated heterocycles. The summed E-state index contributed by atoms with van der Waals surface area (Å²) >= 11 is 0. The zero-order valence-corrected chi connectivity index (χ0v) is 10.9. The molecule has 1 N–H and O–H groups in total. The Morgan fingerprint density at radius 2 is 2.06 bits per heavy atom. The van der Waals surface area contributed by atoms with Crippen LogP contribution in [0.1, 0.15) is 38.4 Å². The number of aryl methyl sites for hydroxylation is 1. The molecule has 0 fully saturated rings. The van der Waals surface area contributed by atoms with Crippen LogP contribution >= 0.6 is 0 Å². The maximum absolute atomic E-state index is 4.68. The van der Waals surface area contributed by atoms with Gasteiger partial charge in [-0.2, -0.15) is 5.10 Å². The topological polar surface area (TPSA) is 29.9 Å². The summed E-state index contributed by atoms with van der Waals surface area (Å²) in [6.07, 6.45) is 2.30.